The molecule has 2 aliphatic rings. The summed E-state index contributed by atoms with van der Waals surface area (Å²) in [6.07, 6.45) is 1.04. The van der Waals surface area contributed by atoms with E-state index in [0.29, 0.717) is 30.0 Å². The van der Waals surface area contributed by atoms with E-state index in [1.165, 1.54) is 20.3 Å². The SMILES string of the molecule is COc1cc(F)c(CN2CCC3(CC2)C[C@](C)(O)[C@@H](O)CO3)cc1OC. The van der Waals surface area contributed by atoms with Crippen LogP contribution in [0.1, 0.15) is 31.7 Å². The second kappa shape index (κ2) is 7.31. The van der Waals surface area contributed by atoms with Crippen LogP contribution in [0.4, 0.5) is 4.39 Å². The zero-order chi connectivity index (χ0) is 18.9. The van der Waals surface area contributed by atoms with E-state index in [2.05, 4.69) is 4.90 Å². The molecule has 1 aromatic rings. The van der Waals surface area contributed by atoms with Gasteiger partial charge >= 0.3 is 0 Å². The Morgan fingerprint density at radius 1 is 1.23 bits per heavy atom. The number of methoxy groups -OCH3 is 2. The molecule has 0 radical (unpaired) electrons. The third-order valence-electron chi connectivity index (χ3n) is 5.66. The van der Waals surface area contributed by atoms with Crippen molar-refractivity contribution in [1.29, 1.82) is 0 Å². The van der Waals surface area contributed by atoms with Gasteiger partial charge in [0.1, 0.15) is 11.9 Å². The monoisotopic (exact) mass is 369 g/mol. The molecule has 2 aliphatic heterocycles. The van der Waals surface area contributed by atoms with Gasteiger partial charge in [0.15, 0.2) is 11.5 Å². The zero-order valence-electron chi connectivity index (χ0n) is 15.6. The Morgan fingerprint density at radius 2 is 1.85 bits per heavy atom. The molecule has 2 heterocycles. The first-order valence-corrected chi connectivity index (χ1v) is 8.96. The van der Waals surface area contributed by atoms with Crippen molar-refractivity contribution in [2.45, 2.75) is 50.0 Å². The molecule has 6 nitrogen and oxygen atoms in total. The number of hydrogen-bond donors (Lipinski definition) is 2. The first-order chi connectivity index (χ1) is 12.3. The number of benzene rings is 1. The highest BCUT2D eigenvalue weighted by atomic mass is 19.1. The Bertz CT molecular complexity index is 643. The van der Waals surface area contributed by atoms with Crippen molar-refractivity contribution in [3.05, 3.63) is 23.5 Å². The van der Waals surface area contributed by atoms with Crippen molar-refractivity contribution in [3.63, 3.8) is 0 Å². The highest BCUT2D eigenvalue weighted by Crippen LogP contribution is 2.40. The average molecular weight is 369 g/mol. The Labute approximate surface area is 153 Å². The number of likely N-dealkylation sites (tertiary alicyclic amines) is 1. The molecular formula is C19H28FNO5. The lowest BCUT2D eigenvalue weighted by molar-refractivity contribution is -0.223. The van der Waals surface area contributed by atoms with Crippen LogP contribution in [0.5, 0.6) is 11.5 Å². The number of piperidine rings is 1. The largest absolute Gasteiger partial charge is 0.493 e. The second-order valence-electron chi connectivity index (χ2n) is 7.62. The molecule has 26 heavy (non-hydrogen) atoms. The number of ether oxygens (including phenoxy) is 3. The fraction of sp³-hybridized carbons (Fsp3) is 0.684. The summed E-state index contributed by atoms with van der Waals surface area (Å²) in [7, 11) is 3.02. The third kappa shape index (κ3) is 3.81. The van der Waals surface area contributed by atoms with E-state index < -0.39 is 17.3 Å². The molecule has 0 saturated carbocycles. The maximum Gasteiger partial charge on any atom is 0.163 e. The molecular weight excluding hydrogens is 341 g/mol. The van der Waals surface area contributed by atoms with E-state index in [4.69, 9.17) is 14.2 Å². The summed E-state index contributed by atoms with van der Waals surface area (Å²) in [5.41, 5.74) is -0.976. The molecule has 2 N–H and O–H groups in total. The lowest BCUT2D eigenvalue weighted by Gasteiger charge is -2.50. The zero-order valence-corrected chi connectivity index (χ0v) is 15.6. The molecule has 1 aromatic carbocycles. The van der Waals surface area contributed by atoms with Gasteiger partial charge in [-0.15, -0.1) is 0 Å². The summed E-state index contributed by atoms with van der Waals surface area (Å²) < 4.78 is 30.6. The first kappa shape index (κ1) is 19.4. The van der Waals surface area contributed by atoms with Crippen LogP contribution < -0.4 is 9.47 Å². The lowest BCUT2D eigenvalue weighted by atomic mass is 9.76. The number of nitrogens with zero attached hydrogens (tertiary/aromatic N) is 1. The summed E-state index contributed by atoms with van der Waals surface area (Å²) in [5.74, 6) is 0.573. The molecule has 0 aromatic heterocycles. The van der Waals surface area contributed by atoms with Crippen molar-refractivity contribution in [3.8, 4) is 11.5 Å². The van der Waals surface area contributed by atoms with Crippen LogP contribution in [-0.4, -0.2) is 66.3 Å². The van der Waals surface area contributed by atoms with Crippen LogP contribution >= 0.6 is 0 Å². The maximum absolute atomic E-state index is 14.4. The van der Waals surface area contributed by atoms with Crippen molar-refractivity contribution in [1.82, 2.24) is 4.90 Å². The minimum atomic E-state index is -1.13. The molecule has 7 heteroatoms. The molecule has 2 atom stereocenters. The van der Waals surface area contributed by atoms with Gasteiger partial charge in [0.2, 0.25) is 0 Å². The summed E-state index contributed by atoms with van der Waals surface area (Å²) in [6.45, 7) is 3.76. The highest BCUT2D eigenvalue weighted by Gasteiger charge is 2.48. The van der Waals surface area contributed by atoms with E-state index >= 15 is 0 Å². The third-order valence-corrected chi connectivity index (χ3v) is 5.66. The van der Waals surface area contributed by atoms with Gasteiger partial charge in [-0.25, -0.2) is 4.39 Å². The fourth-order valence-corrected chi connectivity index (χ4v) is 3.95. The van der Waals surface area contributed by atoms with E-state index in [9.17, 15) is 14.6 Å². The predicted molar refractivity (Wildman–Crippen MR) is 93.9 cm³/mol. The van der Waals surface area contributed by atoms with Gasteiger partial charge < -0.3 is 24.4 Å². The molecule has 2 fully saturated rings. The van der Waals surface area contributed by atoms with Crippen molar-refractivity contribution in [2.24, 2.45) is 0 Å². The molecule has 0 unspecified atom stereocenters. The van der Waals surface area contributed by atoms with Crippen molar-refractivity contribution < 1.29 is 28.8 Å². The number of hydrogen-bond acceptors (Lipinski definition) is 6. The van der Waals surface area contributed by atoms with E-state index in [1.54, 1.807) is 13.0 Å². The van der Waals surface area contributed by atoms with Gasteiger partial charge in [-0.3, -0.25) is 4.90 Å². The predicted octanol–water partition coefficient (Wildman–Crippen LogP) is 1.71. The molecule has 0 aliphatic carbocycles. The summed E-state index contributed by atoms with van der Waals surface area (Å²) in [5, 5.41) is 20.3. The van der Waals surface area contributed by atoms with Crippen LogP contribution in [0.15, 0.2) is 12.1 Å². The Hall–Kier alpha value is -1.41. The van der Waals surface area contributed by atoms with E-state index in [0.717, 1.165) is 25.9 Å². The van der Waals surface area contributed by atoms with Gasteiger partial charge in [-0.05, 0) is 25.8 Å². The number of aliphatic hydroxyl groups is 2. The van der Waals surface area contributed by atoms with E-state index in [-0.39, 0.29) is 12.4 Å². The van der Waals surface area contributed by atoms with Crippen LogP contribution in [0.3, 0.4) is 0 Å². The summed E-state index contributed by atoms with van der Waals surface area (Å²) in [4.78, 5) is 2.17. The number of halogens is 1. The molecule has 0 amide bonds. The normalized spacial score (nSPS) is 28.9. The van der Waals surface area contributed by atoms with Gasteiger partial charge in [0.05, 0.1) is 32.0 Å². The minimum Gasteiger partial charge on any atom is -0.493 e. The smallest absolute Gasteiger partial charge is 0.163 e. The summed E-state index contributed by atoms with van der Waals surface area (Å²) in [6, 6.07) is 3.03. The van der Waals surface area contributed by atoms with Gasteiger partial charge in [0.25, 0.3) is 0 Å². The topological polar surface area (TPSA) is 71.4 Å². The van der Waals surface area contributed by atoms with Gasteiger partial charge in [-0.2, -0.15) is 0 Å². The minimum absolute atomic E-state index is 0.150. The lowest BCUT2D eigenvalue weighted by Crippen LogP contribution is -2.59. The molecule has 1 spiro atoms. The van der Waals surface area contributed by atoms with Crippen LogP contribution in [0.25, 0.3) is 0 Å². The number of rotatable bonds is 4. The Balaban J connectivity index is 1.64. The van der Waals surface area contributed by atoms with Crippen LogP contribution in [0.2, 0.25) is 0 Å². The molecule has 0 bridgehead atoms. The maximum atomic E-state index is 14.4. The molecule has 3 rings (SSSR count). The van der Waals surface area contributed by atoms with Crippen molar-refractivity contribution >= 4 is 0 Å². The van der Waals surface area contributed by atoms with Gasteiger partial charge in [-0.1, -0.05) is 0 Å². The Morgan fingerprint density at radius 3 is 2.42 bits per heavy atom. The molecule has 146 valence electrons. The van der Waals surface area contributed by atoms with Crippen molar-refractivity contribution in [2.75, 3.05) is 33.9 Å². The fourth-order valence-electron chi connectivity index (χ4n) is 3.95. The highest BCUT2D eigenvalue weighted by molar-refractivity contribution is 5.43. The number of aliphatic hydroxyl groups excluding tert-OH is 1. The van der Waals surface area contributed by atoms with Crippen LogP contribution in [0, 0.1) is 5.82 Å². The second-order valence-corrected chi connectivity index (χ2v) is 7.62. The van der Waals surface area contributed by atoms with Gasteiger partial charge in [0, 0.05) is 37.7 Å². The Kier molecular flexibility index (Phi) is 5.44. The quantitative estimate of drug-likeness (QED) is 0.842. The standard InChI is InChI=1S/C19H28FNO5/c1-18(23)12-19(26-11-17(18)22)4-6-21(7-5-19)10-13-8-15(24-2)16(25-3)9-14(13)20/h8-9,17,22-23H,4-7,10-12H2,1-3H3/t17-,18-/m0/s1. The average Bonchev–Trinajstić information content (AvgIpc) is 2.61. The first-order valence-electron chi connectivity index (χ1n) is 8.96. The molecule has 2 saturated heterocycles. The van der Waals surface area contributed by atoms with Crippen LogP contribution in [-0.2, 0) is 11.3 Å². The van der Waals surface area contributed by atoms with E-state index in [1.807, 2.05) is 0 Å². The summed E-state index contributed by atoms with van der Waals surface area (Å²) >= 11 is 0.